The van der Waals surface area contributed by atoms with E-state index in [1.54, 1.807) is 0 Å². The summed E-state index contributed by atoms with van der Waals surface area (Å²) in [7, 11) is 1.43. The second-order valence-electron chi connectivity index (χ2n) is 22.7. The van der Waals surface area contributed by atoms with Crippen molar-refractivity contribution in [3.8, 4) is 0 Å². The predicted octanol–water partition coefficient (Wildman–Crippen LogP) is 21.6. The molecule has 2 atom stereocenters. The summed E-state index contributed by atoms with van der Waals surface area (Å²) >= 11 is 0. The summed E-state index contributed by atoms with van der Waals surface area (Å²) in [5, 5.41) is 0. The van der Waals surface area contributed by atoms with Crippen molar-refractivity contribution in [2.24, 2.45) is 0 Å². The Morgan fingerprint density at radius 3 is 1.00 bits per heavy atom. The van der Waals surface area contributed by atoms with Gasteiger partial charge in [0.15, 0.2) is 6.10 Å². The van der Waals surface area contributed by atoms with Crippen LogP contribution in [0.5, 0.6) is 0 Å². The van der Waals surface area contributed by atoms with E-state index in [1.807, 2.05) is 33.3 Å². The van der Waals surface area contributed by atoms with Crippen molar-refractivity contribution in [1.29, 1.82) is 0 Å². The van der Waals surface area contributed by atoms with Crippen molar-refractivity contribution < 1.29 is 42.1 Å². The molecule has 0 aromatic carbocycles. The molecule has 2 unspecified atom stereocenters. The Labute approximate surface area is 516 Å². The molecule has 84 heavy (non-hydrogen) atoms. The first-order chi connectivity index (χ1) is 41.0. The molecule has 0 heterocycles. The fourth-order valence-electron chi connectivity index (χ4n) is 8.55. The Balaban J connectivity index is 4.05. The van der Waals surface area contributed by atoms with Gasteiger partial charge >= 0.3 is 19.8 Å². The Morgan fingerprint density at radius 2 is 0.667 bits per heavy atom. The summed E-state index contributed by atoms with van der Waals surface area (Å²) in [6.07, 6.45) is 95.1. The van der Waals surface area contributed by atoms with Crippen LogP contribution in [0.4, 0.5) is 0 Å². The fourth-order valence-corrected chi connectivity index (χ4v) is 9.29. The van der Waals surface area contributed by atoms with Crippen molar-refractivity contribution in [3.63, 3.8) is 0 Å². The van der Waals surface area contributed by atoms with Gasteiger partial charge in [-0.2, -0.15) is 0 Å². The van der Waals surface area contributed by atoms with Gasteiger partial charge in [-0.3, -0.25) is 18.6 Å². The Kier molecular flexibility index (Phi) is 59.9. The van der Waals surface area contributed by atoms with Gasteiger partial charge in [-0.1, -0.05) is 281 Å². The highest BCUT2D eigenvalue weighted by Gasteiger charge is 2.27. The maximum Gasteiger partial charge on any atom is 0.472 e. The van der Waals surface area contributed by atoms with E-state index in [0.29, 0.717) is 23.9 Å². The van der Waals surface area contributed by atoms with Crippen molar-refractivity contribution >= 4 is 19.8 Å². The number of esters is 2. The van der Waals surface area contributed by atoms with Crippen LogP contribution in [-0.2, 0) is 32.7 Å². The molecule has 476 valence electrons. The molecule has 0 aromatic heterocycles. The SMILES string of the molecule is CC/C=C\C/C=C\C/C=C\C/C=C\C/C=C\C/C=C\C/C=C\CCCCCCCCCCCCCCCCCCCCCC(=O)OC(COC(=O)CC/C=C\C/C=C\C/C=C\C/C=C\C/C=C\C/C=C\CC)COP(=O)(O)OCC[N+](C)(C)C. The number of carbonyl (C=O) groups excluding carboxylic acids is 2. The standard InChI is InChI=1S/C74H122NO8P/c1-6-8-10-12-14-16-18-20-22-24-26-27-28-29-30-31-32-33-34-35-36-37-38-39-40-41-42-43-44-45-46-47-49-51-53-55-57-59-61-63-65-67-74(77)83-72(71-82-84(78,79)81-69-68-75(3,4)5)70-80-73(76)66-64-62-60-58-56-54-52-50-48-25-23-21-19-17-15-13-11-9-7-2/h8-11,14-17,20-23,26-27,29-30,32-33,35-36,48,50,54,56,60,62,72H,6-7,12-13,18-19,24-25,28,31,34,37-47,49,51-53,55,57-59,61,63-71H2,1-5H3/p+1/b10-8-,11-9-,16-14-,17-15-,22-20-,23-21-,27-26-,30-29-,33-32-,36-35-,50-48-,56-54-,62-60-. The minimum atomic E-state index is -4.41. The van der Waals surface area contributed by atoms with Gasteiger partial charge in [0.2, 0.25) is 0 Å². The molecule has 1 N–H and O–H groups in total. The maximum atomic E-state index is 12.8. The van der Waals surface area contributed by atoms with E-state index in [0.717, 1.165) is 103 Å². The Morgan fingerprint density at radius 1 is 0.369 bits per heavy atom. The number of phosphoric ester groups is 1. The molecule has 0 aliphatic carbocycles. The normalized spacial score (nSPS) is 14.2. The van der Waals surface area contributed by atoms with E-state index >= 15 is 0 Å². The van der Waals surface area contributed by atoms with Crippen LogP contribution in [-0.4, -0.2) is 74.9 Å². The number of likely N-dealkylation sites (N-methyl/N-ethyl adjacent to an activating group) is 1. The zero-order chi connectivity index (χ0) is 61.2. The number of phosphoric acid groups is 1. The molecule has 9 nitrogen and oxygen atoms in total. The predicted molar refractivity (Wildman–Crippen MR) is 362 cm³/mol. The fraction of sp³-hybridized carbons (Fsp3) is 0.622. The van der Waals surface area contributed by atoms with Gasteiger partial charge in [0.1, 0.15) is 19.8 Å². The molecule has 10 heteroatoms. The zero-order valence-electron chi connectivity index (χ0n) is 54.1. The number of ether oxygens (including phenoxy) is 2. The number of carbonyl (C=O) groups is 2. The molecular weight excluding hydrogens is 1060 g/mol. The monoisotopic (exact) mass is 1180 g/mol. The van der Waals surface area contributed by atoms with E-state index < -0.39 is 32.5 Å². The summed E-state index contributed by atoms with van der Waals surface area (Å²) in [5.74, 6) is -0.900. The third-order valence-electron chi connectivity index (χ3n) is 13.6. The van der Waals surface area contributed by atoms with E-state index in [9.17, 15) is 19.0 Å². The minimum Gasteiger partial charge on any atom is -0.462 e. The molecule has 0 aliphatic rings. The number of rotatable bonds is 59. The summed E-state index contributed by atoms with van der Waals surface area (Å²) in [6.45, 7) is 4.11. The molecule has 0 bridgehead atoms. The van der Waals surface area contributed by atoms with Crippen LogP contribution in [0, 0.1) is 0 Å². The van der Waals surface area contributed by atoms with Crippen molar-refractivity contribution in [2.75, 3.05) is 47.5 Å². The van der Waals surface area contributed by atoms with Gasteiger partial charge < -0.3 is 18.9 Å². The summed E-state index contributed by atoms with van der Waals surface area (Å²) in [6, 6.07) is 0. The number of unbranched alkanes of at least 4 members (excludes halogenated alkanes) is 19. The van der Waals surface area contributed by atoms with E-state index in [4.69, 9.17) is 18.5 Å². The van der Waals surface area contributed by atoms with Crippen LogP contribution in [0.2, 0.25) is 0 Å². The van der Waals surface area contributed by atoms with Gasteiger partial charge in [-0.15, -0.1) is 0 Å². The third kappa shape index (κ3) is 66.8. The number of hydrogen-bond acceptors (Lipinski definition) is 7. The summed E-state index contributed by atoms with van der Waals surface area (Å²) in [5.41, 5.74) is 0. The van der Waals surface area contributed by atoms with Crippen molar-refractivity contribution in [1.82, 2.24) is 0 Å². The van der Waals surface area contributed by atoms with Gasteiger partial charge in [-0.05, 0) is 109 Å². The number of quaternary nitrogens is 1. The Bertz CT molecular complexity index is 1970. The molecule has 0 spiro atoms. The van der Waals surface area contributed by atoms with Gasteiger partial charge in [0.25, 0.3) is 0 Å². The molecular formula is C74H123NO8P+. The molecule has 0 rings (SSSR count). The third-order valence-corrected chi connectivity index (χ3v) is 14.6. The highest BCUT2D eigenvalue weighted by Crippen LogP contribution is 2.43. The van der Waals surface area contributed by atoms with E-state index in [-0.39, 0.29) is 26.1 Å². The van der Waals surface area contributed by atoms with Crippen LogP contribution in [0.1, 0.15) is 245 Å². The first-order valence-corrected chi connectivity index (χ1v) is 34.7. The van der Waals surface area contributed by atoms with Gasteiger partial charge in [0.05, 0.1) is 27.7 Å². The molecule has 0 fully saturated rings. The lowest BCUT2D eigenvalue weighted by molar-refractivity contribution is -0.870. The maximum absolute atomic E-state index is 12.8. The first-order valence-electron chi connectivity index (χ1n) is 33.2. The molecule has 0 saturated carbocycles. The molecule has 0 saturated heterocycles. The lowest BCUT2D eigenvalue weighted by Gasteiger charge is -2.24. The number of allylic oxidation sites excluding steroid dienone is 26. The average Bonchev–Trinajstić information content (AvgIpc) is 3.61. The Hall–Kier alpha value is -4.37. The zero-order valence-corrected chi connectivity index (χ0v) is 55.0. The highest BCUT2D eigenvalue weighted by atomic mass is 31.2. The number of nitrogens with zero attached hydrogens (tertiary/aromatic N) is 1. The summed E-state index contributed by atoms with van der Waals surface area (Å²) in [4.78, 5) is 35.7. The van der Waals surface area contributed by atoms with Crippen LogP contribution < -0.4 is 0 Å². The van der Waals surface area contributed by atoms with E-state index in [1.165, 1.54) is 103 Å². The van der Waals surface area contributed by atoms with Crippen LogP contribution in [0.15, 0.2) is 158 Å². The molecule has 0 aromatic rings. The van der Waals surface area contributed by atoms with Gasteiger partial charge in [0, 0.05) is 12.8 Å². The largest absolute Gasteiger partial charge is 0.472 e. The topological polar surface area (TPSA) is 108 Å². The second-order valence-corrected chi connectivity index (χ2v) is 24.2. The highest BCUT2D eigenvalue weighted by molar-refractivity contribution is 7.47. The lowest BCUT2D eigenvalue weighted by Crippen LogP contribution is -2.37. The van der Waals surface area contributed by atoms with Crippen LogP contribution in [0.25, 0.3) is 0 Å². The van der Waals surface area contributed by atoms with Crippen LogP contribution >= 0.6 is 7.82 Å². The van der Waals surface area contributed by atoms with Crippen LogP contribution in [0.3, 0.4) is 0 Å². The molecule has 0 amide bonds. The van der Waals surface area contributed by atoms with E-state index in [2.05, 4.69) is 160 Å². The van der Waals surface area contributed by atoms with Crippen molar-refractivity contribution in [3.05, 3.63) is 158 Å². The molecule has 0 aliphatic heterocycles. The minimum absolute atomic E-state index is 0.0141. The quantitative estimate of drug-likeness (QED) is 0.0211. The first kappa shape index (κ1) is 79.6. The second kappa shape index (κ2) is 63.1. The smallest absolute Gasteiger partial charge is 0.462 e. The molecule has 0 radical (unpaired) electrons. The number of hydrogen-bond donors (Lipinski definition) is 1. The summed E-state index contributed by atoms with van der Waals surface area (Å²) < 4.78 is 34.5. The van der Waals surface area contributed by atoms with Gasteiger partial charge in [-0.25, -0.2) is 4.57 Å². The lowest BCUT2D eigenvalue weighted by atomic mass is 10.0. The average molecular weight is 1190 g/mol. The van der Waals surface area contributed by atoms with Crippen molar-refractivity contribution in [2.45, 2.75) is 251 Å².